The molecule has 2 aromatic rings. The molecule has 6 heteroatoms. The Morgan fingerprint density at radius 2 is 2.08 bits per heavy atom. The average molecular weight is 345 g/mol. The van der Waals surface area contributed by atoms with Gasteiger partial charge in [0.15, 0.2) is 5.13 Å². The van der Waals surface area contributed by atoms with Crippen molar-refractivity contribution in [2.24, 2.45) is 5.92 Å². The molecule has 2 N–H and O–H groups in total. The maximum atomic E-state index is 11.1. The molecule has 0 unspecified atom stereocenters. The topological polar surface area (TPSA) is 65.5 Å². The van der Waals surface area contributed by atoms with Gasteiger partial charge in [-0.3, -0.25) is 9.69 Å². The molecule has 0 radical (unpaired) electrons. The Balaban J connectivity index is 1.50. The monoisotopic (exact) mass is 345 g/mol. The number of thiazole rings is 1. The van der Waals surface area contributed by atoms with E-state index in [1.807, 2.05) is 35.7 Å². The molecule has 5 nitrogen and oxygen atoms in total. The average Bonchev–Trinajstić information content (AvgIpc) is 3.02. The lowest BCUT2D eigenvalue weighted by molar-refractivity contribution is -0.114. The van der Waals surface area contributed by atoms with Crippen molar-refractivity contribution in [3.8, 4) is 0 Å². The number of likely N-dealkylation sites (tertiary alicyclic amines) is 1. The summed E-state index contributed by atoms with van der Waals surface area (Å²) in [4.78, 5) is 17.9. The minimum atomic E-state index is -0.376. The Labute approximate surface area is 146 Å². The summed E-state index contributed by atoms with van der Waals surface area (Å²) in [5.41, 5.74) is 2.00. The highest BCUT2D eigenvalue weighted by atomic mass is 32.1. The molecule has 3 rings (SSSR count). The van der Waals surface area contributed by atoms with E-state index >= 15 is 0 Å². The molecule has 1 aliphatic heterocycles. The van der Waals surface area contributed by atoms with Crippen molar-refractivity contribution < 1.29 is 9.90 Å². The summed E-state index contributed by atoms with van der Waals surface area (Å²) in [6.07, 6.45) is 1.59. The fourth-order valence-corrected chi connectivity index (χ4v) is 3.91. The number of carbonyl (C=O) groups is 1. The zero-order valence-electron chi connectivity index (χ0n) is 13.8. The van der Waals surface area contributed by atoms with Gasteiger partial charge in [-0.15, -0.1) is 11.3 Å². The van der Waals surface area contributed by atoms with E-state index in [9.17, 15) is 9.90 Å². The summed E-state index contributed by atoms with van der Waals surface area (Å²) in [5, 5.41) is 15.9. The molecule has 128 valence electrons. The van der Waals surface area contributed by atoms with Gasteiger partial charge in [0.25, 0.3) is 0 Å². The number of nitrogens with one attached hydrogen (secondary N) is 1. The molecule has 0 spiro atoms. The zero-order chi connectivity index (χ0) is 16.9. The fourth-order valence-electron chi connectivity index (χ4n) is 3.17. The minimum absolute atomic E-state index is 0.0911. The van der Waals surface area contributed by atoms with Crippen LogP contribution in [0.4, 0.5) is 5.13 Å². The van der Waals surface area contributed by atoms with E-state index < -0.39 is 0 Å². The van der Waals surface area contributed by atoms with Crippen LogP contribution in [0.5, 0.6) is 0 Å². The zero-order valence-corrected chi connectivity index (χ0v) is 14.6. The first-order chi connectivity index (χ1) is 11.6. The molecule has 0 aliphatic carbocycles. The Kier molecular flexibility index (Phi) is 5.60. The second kappa shape index (κ2) is 7.88. The van der Waals surface area contributed by atoms with E-state index in [4.69, 9.17) is 0 Å². The van der Waals surface area contributed by atoms with Crippen molar-refractivity contribution in [2.45, 2.75) is 32.4 Å². The first-order valence-electron chi connectivity index (χ1n) is 8.29. The number of amides is 1. The van der Waals surface area contributed by atoms with Gasteiger partial charge < -0.3 is 10.4 Å². The summed E-state index contributed by atoms with van der Waals surface area (Å²) in [7, 11) is 0. The molecule has 1 atom stereocenters. The van der Waals surface area contributed by atoms with Crippen LogP contribution in [-0.4, -0.2) is 34.0 Å². The van der Waals surface area contributed by atoms with Crippen LogP contribution in [0.25, 0.3) is 0 Å². The Bertz CT molecular complexity index is 666. The number of hydrogen-bond donors (Lipinski definition) is 2. The van der Waals surface area contributed by atoms with Gasteiger partial charge in [-0.05, 0) is 37.4 Å². The van der Waals surface area contributed by atoms with Crippen LogP contribution in [0.2, 0.25) is 0 Å². The van der Waals surface area contributed by atoms with Gasteiger partial charge in [0.2, 0.25) is 5.91 Å². The summed E-state index contributed by atoms with van der Waals surface area (Å²) in [6, 6.07) is 9.92. The summed E-state index contributed by atoms with van der Waals surface area (Å²) >= 11 is 1.46. The number of piperidine rings is 1. The fraction of sp³-hybridized carbons (Fsp3) is 0.444. The van der Waals surface area contributed by atoms with Gasteiger partial charge in [-0.25, -0.2) is 4.98 Å². The van der Waals surface area contributed by atoms with Crippen LogP contribution in [0.15, 0.2) is 35.7 Å². The first kappa shape index (κ1) is 17.1. The molecular weight excluding hydrogens is 322 g/mol. The number of hydrogen-bond acceptors (Lipinski definition) is 5. The van der Waals surface area contributed by atoms with E-state index in [0.717, 1.165) is 43.7 Å². The lowest BCUT2D eigenvalue weighted by Gasteiger charge is -2.34. The lowest BCUT2D eigenvalue weighted by Crippen LogP contribution is -2.35. The van der Waals surface area contributed by atoms with E-state index in [1.54, 1.807) is 0 Å². The highest BCUT2D eigenvalue weighted by Crippen LogP contribution is 2.31. The van der Waals surface area contributed by atoms with Crippen LogP contribution in [0.3, 0.4) is 0 Å². The number of rotatable bonds is 5. The van der Waals surface area contributed by atoms with Crippen molar-refractivity contribution in [1.82, 2.24) is 9.88 Å². The third kappa shape index (κ3) is 4.41. The highest BCUT2D eigenvalue weighted by molar-refractivity contribution is 7.13. The Hall–Kier alpha value is -1.76. The normalized spacial score (nSPS) is 17.6. The van der Waals surface area contributed by atoms with Crippen LogP contribution >= 0.6 is 11.3 Å². The van der Waals surface area contributed by atoms with E-state index in [1.165, 1.54) is 18.3 Å². The van der Waals surface area contributed by atoms with Crippen molar-refractivity contribution in [2.75, 3.05) is 18.4 Å². The van der Waals surface area contributed by atoms with Gasteiger partial charge >= 0.3 is 0 Å². The summed E-state index contributed by atoms with van der Waals surface area (Å²) in [5.74, 6) is 0.223. The highest BCUT2D eigenvalue weighted by Gasteiger charge is 2.26. The first-order valence-corrected chi connectivity index (χ1v) is 9.17. The molecule has 2 heterocycles. The van der Waals surface area contributed by atoms with E-state index in [2.05, 4.69) is 15.2 Å². The largest absolute Gasteiger partial charge is 0.388 e. The molecule has 0 saturated carbocycles. The number of nitrogens with zero attached hydrogens (tertiary/aromatic N) is 2. The van der Waals surface area contributed by atoms with Crippen molar-refractivity contribution in [1.29, 1.82) is 0 Å². The quantitative estimate of drug-likeness (QED) is 0.874. The van der Waals surface area contributed by atoms with Gasteiger partial charge in [0.05, 0.1) is 11.8 Å². The number of aliphatic hydroxyl groups excluding tert-OH is 1. The molecule has 1 amide bonds. The number of aliphatic hydroxyl groups is 1. The third-order valence-electron chi connectivity index (χ3n) is 4.44. The second-order valence-corrected chi connectivity index (χ2v) is 7.15. The van der Waals surface area contributed by atoms with Gasteiger partial charge in [-0.1, -0.05) is 30.3 Å². The minimum Gasteiger partial charge on any atom is -0.388 e. The third-order valence-corrected chi connectivity index (χ3v) is 5.25. The molecule has 0 bridgehead atoms. The maximum absolute atomic E-state index is 11.1. The van der Waals surface area contributed by atoms with Crippen molar-refractivity contribution in [3.63, 3.8) is 0 Å². The van der Waals surface area contributed by atoms with Crippen LogP contribution in [0, 0.1) is 5.92 Å². The SMILES string of the molecule is CC(=O)Nc1nc(CN2CCC([C@H](O)c3ccccc3)CC2)cs1. The second-order valence-electron chi connectivity index (χ2n) is 6.29. The van der Waals surface area contributed by atoms with Crippen LogP contribution < -0.4 is 5.32 Å². The van der Waals surface area contributed by atoms with Crippen LogP contribution in [-0.2, 0) is 11.3 Å². The predicted molar refractivity (Wildman–Crippen MR) is 95.8 cm³/mol. The molecule has 1 aliphatic rings. The lowest BCUT2D eigenvalue weighted by atomic mass is 9.87. The number of anilines is 1. The van der Waals surface area contributed by atoms with Gasteiger partial charge in [-0.2, -0.15) is 0 Å². The van der Waals surface area contributed by atoms with E-state index in [0.29, 0.717) is 11.0 Å². The number of benzene rings is 1. The van der Waals surface area contributed by atoms with Crippen LogP contribution in [0.1, 0.15) is 37.1 Å². The molecule has 1 fully saturated rings. The van der Waals surface area contributed by atoms with Gasteiger partial charge in [0, 0.05) is 18.8 Å². The number of aromatic nitrogens is 1. The Morgan fingerprint density at radius 3 is 2.75 bits per heavy atom. The molecular formula is C18H23N3O2S. The maximum Gasteiger partial charge on any atom is 0.223 e. The van der Waals surface area contributed by atoms with Gasteiger partial charge in [0.1, 0.15) is 0 Å². The predicted octanol–water partition coefficient (Wildman–Crippen LogP) is 3.05. The standard InChI is InChI=1S/C18H23N3O2S/c1-13(22)19-18-20-16(12-24-18)11-21-9-7-15(8-10-21)17(23)14-5-3-2-4-6-14/h2-6,12,15,17,23H,7-11H2,1H3,(H,19,20,22)/t17-/m1/s1. The Morgan fingerprint density at radius 1 is 1.38 bits per heavy atom. The van der Waals surface area contributed by atoms with Crippen molar-refractivity contribution in [3.05, 3.63) is 47.0 Å². The molecule has 1 aromatic heterocycles. The molecule has 1 saturated heterocycles. The summed E-state index contributed by atoms with van der Waals surface area (Å²) in [6.45, 7) is 4.21. The molecule has 1 aromatic carbocycles. The van der Waals surface area contributed by atoms with E-state index in [-0.39, 0.29) is 12.0 Å². The number of carbonyl (C=O) groups excluding carboxylic acids is 1. The van der Waals surface area contributed by atoms with Crippen molar-refractivity contribution >= 4 is 22.4 Å². The molecule has 24 heavy (non-hydrogen) atoms. The summed E-state index contributed by atoms with van der Waals surface area (Å²) < 4.78 is 0. The smallest absolute Gasteiger partial charge is 0.223 e.